The Morgan fingerprint density at radius 3 is 1.76 bits per heavy atom. The van der Waals surface area contributed by atoms with Gasteiger partial charge in [-0.2, -0.15) is 5.10 Å². The third-order valence-corrected chi connectivity index (χ3v) is 15.6. The second-order valence-electron chi connectivity index (χ2n) is 16.3. The summed E-state index contributed by atoms with van der Waals surface area (Å²) >= 11 is 0. The molecule has 1 saturated heterocycles. The van der Waals surface area contributed by atoms with Crippen molar-refractivity contribution in [1.29, 1.82) is 0 Å². The predicted molar refractivity (Wildman–Crippen MR) is 200 cm³/mol. The summed E-state index contributed by atoms with van der Waals surface area (Å²) in [6.45, 7) is 14.1. The number of aromatic nitrogens is 2. The van der Waals surface area contributed by atoms with Gasteiger partial charge in [0, 0.05) is 18.9 Å². The van der Waals surface area contributed by atoms with Gasteiger partial charge in [-0.05, 0) is 62.7 Å². The first-order chi connectivity index (χ1) is 22.0. The number of aliphatic hydroxyl groups excluding tert-OH is 1. The molecule has 0 bridgehead atoms. The number of aliphatic hydroxyl groups is 1. The van der Waals surface area contributed by atoms with Crippen LogP contribution in [0.5, 0.6) is 0 Å². The first-order valence-electron chi connectivity index (χ1n) is 20.0. The first kappa shape index (κ1) is 41.5. The normalized spacial score (nSPS) is 18.8. The molecule has 270 valence electrons. The van der Waals surface area contributed by atoms with E-state index in [4.69, 9.17) is 9.16 Å². The maximum Gasteiger partial charge on any atom is 0.192 e. The zero-order valence-corrected chi connectivity index (χ0v) is 32.8. The quantitative estimate of drug-likeness (QED) is 0.0716. The van der Waals surface area contributed by atoms with E-state index in [1.165, 1.54) is 128 Å². The minimum Gasteiger partial charge on any atom is -0.411 e. The molecule has 46 heavy (non-hydrogen) atoms. The Balaban J connectivity index is 1.59. The molecule has 0 aromatic carbocycles. The fraction of sp³-hybridized carbons (Fsp3) is 0.925. The lowest BCUT2D eigenvalue weighted by atomic mass is 10.00. The summed E-state index contributed by atoms with van der Waals surface area (Å²) in [5.74, 6) is 0. The third-order valence-electron chi connectivity index (χ3n) is 11.1. The average Bonchev–Trinajstić information content (AvgIpc) is 3.66. The van der Waals surface area contributed by atoms with Gasteiger partial charge in [0.2, 0.25) is 0 Å². The SMILES string of the molecule is CCCCCCCCCCCC[C@@H](O[Si](C)(C)C(C)(C)C)[C@H]1CC[C@H]([C@H](O)CCCCCCCCCCCCc2ccnn2C)O1. The average molecular weight is 663 g/mol. The molecule has 1 aromatic heterocycles. The Hall–Kier alpha value is -0.693. The molecular formula is C40H78N2O3Si. The molecule has 1 aromatic rings. The minimum absolute atomic E-state index is 0.0129. The van der Waals surface area contributed by atoms with E-state index in [-0.39, 0.29) is 29.5 Å². The summed E-state index contributed by atoms with van der Waals surface area (Å²) in [5, 5.41) is 15.5. The number of rotatable bonds is 28. The predicted octanol–water partition coefficient (Wildman–Crippen LogP) is 11.9. The van der Waals surface area contributed by atoms with Crippen LogP contribution in [0.2, 0.25) is 18.1 Å². The highest BCUT2D eigenvalue weighted by Crippen LogP contribution is 2.40. The zero-order valence-electron chi connectivity index (χ0n) is 31.8. The van der Waals surface area contributed by atoms with Crippen LogP contribution in [0.15, 0.2) is 12.3 Å². The van der Waals surface area contributed by atoms with Gasteiger partial charge in [-0.3, -0.25) is 4.68 Å². The van der Waals surface area contributed by atoms with Crippen molar-refractivity contribution < 1.29 is 14.3 Å². The maximum atomic E-state index is 11.0. The fourth-order valence-corrected chi connectivity index (χ4v) is 8.24. The molecule has 4 atom stereocenters. The number of nitrogens with zero attached hydrogens (tertiary/aromatic N) is 2. The monoisotopic (exact) mass is 663 g/mol. The molecule has 0 amide bonds. The largest absolute Gasteiger partial charge is 0.411 e. The molecule has 6 heteroatoms. The van der Waals surface area contributed by atoms with Crippen LogP contribution in [-0.4, -0.2) is 47.6 Å². The Morgan fingerprint density at radius 1 is 0.783 bits per heavy atom. The van der Waals surface area contributed by atoms with E-state index in [1.807, 2.05) is 17.9 Å². The summed E-state index contributed by atoms with van der Waals surface area (Å²) in [5.41, 5.74) is 1.35. The highest BCUT2D eigenvalue weighted by molar-refractivity contribution is 6.74. The molecule has 0 unspecified atom stereocenters. The van der Waals surface area contributed by atoms with Crippen LogP contribution in [0.1, 0.15) is 187 Å². The summed E-state index contributed by atoms with van der Waals surface area (Å²) in [6, 6.07) is 2.14. The highest BCUT2D eigenvalue weighted by Gasteiger charge is 2.43. The molecule has 0 aliphatic carbocycles. The van der Waals surface area contributed by atoms with Gasteiger partial charge in [0.1, 0.15) is 0 Å². The number of hydrogen-bond acceptors (Lipinski definition) is 4. The molecule has 5 nitrogen and oxygen atoms in total. The van der Waals surface area contributed by atoms with Gasteiger partial charge in [0.25, 0.3) is 0 Å². The van der Waals surface area contributed by atoms with Crippen molar-refractivity contribution in [2.45, 2.75) is 231 Å². The van der Waals surface area contributed by atoms with Gasteiger partial charge in [-0.15, -0.1) is 0 Å². The smallest absolute Gasteiger partial charge is 0.192 e. The van der Waals surface area contributed by atoms with E-state index >= 15 is 0 Å². The van der Waals surface area contributed by atoms with Gasteiger partial charge in [0.15, 0.2) is 8.32 Å². The Morgan fingerprint density at radius 2 is 1.26 bits per heavy atom. The minimum atomic E-state index is -1.89. The third kappa shape index (κ3) is 17.1. The summed E-state index contributed by atoms with van der Waals surface area (Å²) in [4.78, 5) is 0. The molecule has 0 spiro atoms. The molecule has 1 aliphatic heterocycles. The number of ether oxygens (including phenoxy) is 1. The molecule has 0 saturated carbocycles. The van der Waals surface area contributed by atoms with Gasteiger partial charge in [-0.25, -0.2) is 0 Å². The van der Waals surface area contributed by atoms with Crippen molar-refractivity contribution in [2.24, 2.45) is 7.05 Å². The number of unbranched alkanes of at least 4 members (excludes halogenated alkanes) is 18. The standard InChI is InChI=1S/C40H78N2O3Si/c1-8-9-10-11-12-13-18-21-24-27-30-39(45-46(6,7)40(2,3)4)38-32-31-37(44-38)36(43)29-26-23-20-17-15-14-16-19-22-25-28-35-33-34-41-42(35)5/h33-34,36-39,43H,8-32H2,1-7H3/t36-,37-,38-,39-/m1/s1. The number of hydrogen-bond donors (Lipinski definition) is 1. The summed E-state index contributed by atoms with van der Waals surface area (Å²) in [6.07, 6.45) is 33.6. The van der Waals surface area contributed by atoms with E-state index in [0.29, 0.717) is 0 Å². The van der Waals surface area contributed by atoms with Gasteiger partial charge in [-0.1, -0.05) is 150 Å². The second kappa shape index (κ2) is 23.6. The van der Waals surface area contributed by atoms with Gasteiger partial charge >= 0.3 is 0 Å². The van der Waals surface area contributed by atoms with Crippen LogP contribution < -0.4 is 0 Å². The van der Waals surface area contributed by atoms with Crippen molar-refractivity contribution in [3.05, 3.63) is 18.0 Å². The lowest BCUT2D eigenvalue weighted by Crippen LogP contribution is -2.47. The van der Waals surface area contributed by atoms with Crippen molar-refractivity contribution in [3.63, 3.8) is 0 Å². The Labute approximate surface area is 287 Å². The molecule has 1 aliphatic rings. The van der Waals surface area contributed by atoms with Crippen LogP contribution in [0, 0.1) is 0 Å². The topological polar surface area (TPSA) is 56.5 Å². The molecule has 0 radical (unpaired) electrons. The Kier molecular flexibility index (Phi) is 21.3. The summed E-state index contributed by atoms with van der Waals surface area (Å²) in [7, 11) is 0.149. The van der Waals surface area contributed by atoms with Crippen LogP contribution in [0.3, 0.4) is 0 Å². The van der Waals surface area contributed by atoms with Crippen LogP contribution in [0.4, 0.5) is 0 Å². The van der Waals surface area contributed by atoms with Gasteiger partial charge in [0.05, 0.1) is 24.4 Å². The molecule has 1 N–H and O–H groups in total. The van der Waals surface area contributed by atoms with Crippen molar-refractivity contribution in [1.82, 2.24) is 9.78 Å². The number of aryl methyl sites for hydroxylation is 2. The van der Waals surface area contributed by atoms with Crippen molar-refractivity contribution in [3.8, 4) is 0 Å². The van der Waals surface area contributed by atoms with Gasteiger partial charge < -0.3 is 14.3 Å². The second-order valence-corrected chi connectivity index (χ2v) is 21.0. The molecule has 2 heterocycles. The van der Waals surface area contributed by atoms with E-state index in [9.17, 15) is 5.11 Å². The van der Waals surface area contributed by atoms with E-state index in [1.54, 1.807) is 0 Å². The highest BCUT2D eigenvalue weighted by atomic mass is 28.4. The van der Waals surface area contributed by atoms with Crippen molar-refractivity contribution >= 4 is 8.32 Å². The summed E-state index contributed by atoms with van der Waals surface area (Å²) < 4.78 is 15.6. The van der Waals surface area contributed by atoms with E-state index in [0.717, 1.165) is 38.5 Å². The zero-order chi connectivity index (χ0) is 33.7. The molecule has 1 fully saturated rings. The van der Waals surface area contributed by atoms with Crippen molar-refractivity contribution in [2.75, 3.05) is 0 Å². The lowest BCUT2D eigenvalue weighted by molar-refractivity contribution is -0.0751. The first-order valence-corrected chi connectivity index (χ1v) is 22.9. The molecular weight excluding hydrogens is 585 g/mol. The Bertz CT molecular complexity index is 867. The van der Waals surface area contributed by atoms with E-state index in [2.05, 4.69) is 52.0 Å². The lowest BCUT2D eigenvalue weighted by Gasteiger charge is -2.41. The maximum absolute atomic E-state index is 11.0. The van der Waals surface area contributed by atoms with Crippen LogP contribution in [0.25, 0.3) is 0 Å². The molecule has 2 rings (SSSR count). The van der Waals surface area contributed by atoms with Crippen LogP contribution >= 0.6 is 0 Å². The fourth-order valence-electron chi connectivity index (χ4n) is 6.86. The van der Waals surface area contributed by atoms with Crippen LogP contribution in [-0.2, 0) is 22.6 Å². The van der Waals surface area contributed by atoms with E-state index < -0.39 is 8.32 Å².